The van der Waals surface area contributed by atoms with E-state index in [0.29, 0.717) is 24.9 Å². The van der Waals surface area contributed by atoms with Crippen molar-refractivity contribution in [1.82, 2.24) is 19.8 Å². The summed E-state index contributed by atoms with van der Waals surface area (Å²) in [5.74, 6) is 1.12. The van der Waals surface area contributed by atoms with Gasteiger partial charge in [-0.25, -0.2) is 0 Å². The number of aromatic nitrogens is 2. The van der Waals surface area contributed by atoms with Gasteiger partial charge in [-0.1, -0.05) is 19.9 Å². The maximum absolute atomic E-state index is 12.4. The van der Waals surface area contributed by atoms with Gasteiger partial charge >= 0.3 is 0 Å². The number of aliphatic imine (C=N–C) groups is 1. The fraction of sp³-hybridized carbons (Fsp3) is 0.444. The molecule has 6 heteroatoms. The molecule has 1 amide bonds. The average molecular weight is 444 g/mol. The Morgan fingerprint density at radius 2 is 2.00 bits per heavy atom. The van der Waals surface area contributed by atoms with Crippen LogP contribution >= 0.6 is 0 Å². The molecule has 1 N–H and O–H groups in total. The molecule has 0 spiro atoms. The van der Waals surface area contributed by atoms with Crippen molar-refractivity contribution in [2.75, 3.05) is 33.7 Å². The minimum absolute atomic E-state index is 0.236. The Balaban J connectivity index is 1.43. The van der Waals surface area contributed by atoms with Gasteiger partial charge < -0.3 is 14.8 Å². The fourth-order valence-electron chi connectivity index (χ4n) is 5.28. The van der Waals surface area contributed by atoms with Crippen molar-refractivity contribution in [3.05, 3.63) is 52.8 Å². The number of likely N-dealkylation sites (tertiary alicyclic amines) is 1. The molecule has 1 saturated heterocycles. The van der Waals surface area contributed by atoms with Crippen molar-refractivity contribution in [3.8, 4) is 11.3 Å². The number of carbonyl (C=O) groups excluding carboxylic acids is 1. The zero-order valence-electron chi connectivity index (χ0n) is 20.1. The van der Waals surface area contributed by atoms with Gasteiger partial charge in [-0.05, 0) is 68.1 Å². The maximum atomic E-state index is 12.4. The number of nitrogens with one attached hydrogen (secondary N) is 1. The van der Waals surface area contributed by atoms with Crippen LogP contribution in [0.15, 0.2) is 35.5 Å². The minimum Gasteiger partial charge on any atom is -0.354 e. The molecule has 0 aliphatic carbocycles. The lowest BCUT2D eigenvalue weighted by Gasteiger charge is -2.33. The van der Waals surface area contributed by atoms with Gasteiger partial charge in [0.25, 0.3) is 0 Å². The van der Waals surface area contributed by atoms with Crippen LogP contribution in [-0.2, 0) is 11.3 Å². The van der Waals surface area contributed by atoms with Crippen LogP contribution < -0.4 is 0 Å². The molecule has 33 heavy (non-hydrogen) atoms. The SMILES string of the molecule is CC(C)c1c(-c2cnc3c(c2)CN=C3)[nH]c2ccc(C3CCN(C(=O)CN(C)C)CC3)cc12. The quantitative estimate of drug-likeness (QED) is 0.629. The number of carbonyl (C=O) groups is 1. The number of benzene rings is 1. The highest BCUT2D eigenvalue weighted by Crippen LogP contribution is 2.38. The van der Waals surface area contributed by atoms with Gasteiger partial charge in [0.05, 0.1) is 24.5 Å². The molecule has 2 aliphatic rings. The monoisotopic (exact) mass is 443 g/mol. The molecule has 0 atom stereocenters. The summed E-state index contributed by atoms with van der Waals surface area (Å²) in [4.78, 5) is 29.1. The van der Waals surface area contributed by atoms with Crippen molar-refractivity contribution >= 4 is 23.0 Å². The van der Waals surface area contributed by atoms with E-state index in [-0.39, 0.29) is 5.91 Å². The van der Waals surface area contributed by atoms with Gasteiger partial charge in [0.2, 0.25) is 5.91 Å². The fourth-order valence-corrected chi connectivity index (χ4v) is 5.28. The van der Waals surface area contributed by atoms with E-state index in [1.165, 1.54) is 33.3 Å². The van der Waals surface area contributed by atoms with E-state index in [4.69, 9.17) is 0 Å². The van der Waals surface area contributed by atoms with Crippen LogP contribution in [0.2, 0.25) is 0 Å². The highest BCUT2D eigenvalue weighted by Gasteiger charge is 2.25. The molecule has 0 radical (unpaired) electrons. The number of hydrogen-bond acceptors (Lipinski definition) is 4. The molecule has 1 fully saturated rings. The van der Waals surface area contributed by atoms with Crippen LogP contribution in [-0.4, -0.2) is 65.6 Å². The first-order valence-corrected chi connectivity index (χ1v) is 12.0. The summed E-state index contributed by atoms with van der Waals surface area (Å²) in [6.07, 6.45) is 5.87. The highest BCUT2D eigenvalue weighted by atomic mass is 16.2. The van der Waals surface area contributed by atoms with Crippen LogP contribution in [0.25, 0.3) is 22.2 Å². The lowest BCUT2D eigenvalue weighted by atomic mass is 9.87. The maximum Gasteiger partial charge on any atom is 0.236 e. The van der Waals surface area contributed by atoms with E-state index in [1.54, 1.807) is 0 Å². The zero-order chi connectivity index (χ0) is 23.1. The number of likely N-dealkylation sites (N-methyl/N-ethyl adjacent to an activating group) is 1. The molecule has 0 unspecified atom stereocenters. The molecule has 4 heterocycles. The number of pyridine rings is 1. The Kier molecular flexibility index (Phi) is 5.79. The summed E-state index contributed by atoms with van der Waals surface area (Å²) in [6.45, 7) is 7.41. The molecule has 1 aromatic carbocycles. The Morgan fingerprint density at radius 3 is 2.73 bits per heavy atom. The average Bonchev–Trinajstić information content (AvgIpc) is 3.42. The molecular formula is C27H33N5O. The molecule has 172 valence electrons. The predicted octanol–water partition coefficient (Wildman–Crippen LogP) is 4.55. The molecule has 2 aliphatic heterocycles. The largest absolute Gasteiger partial charge is 0.354 e. The van der Waals surface area contributed by atoms with Gasteiger partial charge in [0.1, 0.15) is 0 Å². The van der Waals surface area contributed by atoms with E-state index in [0.717, 1.165) is 37.2 Å². The van der Waals surface area contributed by atoms with Crippen LogP contribution in [0.1, 0.15) is 60.9 Å². The van der Waals surface area contributed by atoms with Crippen molar-refractivity contribution in [2.24, 2.45) is 4.99 Å². The van der Waals surface area contributed by atoms with E-state index in [2.05, 4.69) is 53.1 Å². The second-order valence-corrected chi connectivity index (χ2v) is 10.0. The third kappa shape index (κ3) is 4.20. The highest BCUT2D eigenvalue weighted by molar-refractivity contribution is 5.92. The van der Waals surface area contributed by atoms with Crippen LogP contribution in [0.3, 0.4) is 0 Å². The number of piperidine rings is 1. The van der Waals surface area contributed by atoms with Crippen LogP contribution in [0.4, 0.5) is 0 Å². The Labute approximate surface area is 195 Å². The molecule has 6 nitrogen and oxygen atoms in total. The first-order valence-electron chi connectivity index (χ1n) is 12.0. The van der Waals surface area contributed by atoms with Crippen molar-refractivity contribution in [1.29, 1.82) is 0 Å². The van der Waals surface area contributed by atoms with E-state index < -0.39 is 0 Å². The number of H-pyrrole nitrogens is 1. The number of aromatic amines is 1. The Hall–Kier alpha value is -2.99. The number of rotatable bonds is 5. The number of fused-ring (bicyclic) bond motifs is 2. The van der Waals surface area contributed by atoms with Gasteiger partial charge in [-0.15, -0.1) is 0 Å². The smallest absolute Gasteiger partial charge is 0.236 e. The summed E-state index contributed by atoms with van der Waals surface area (Å²) in [5.41, 5.74) is 8.39. The van der Waals surface area contributed by atoms with Crippen LogP contribution in [0.5, 0.6) is 0 Å². The minimum atomic E-state index is 0.236. The number of amides is 1. The molecule has 0 bridgehead atoms. The first-order chi connectivity index (χ1) is 15.9. The first kappa shape index (κ1) is 21.8. The summed E-state index contributed by atoms with van der Waals surface area (Å²) in [5, 5.41) is 1.31. The molecule has 0 saturated carbocycles. The summed E-state index contributed by atoms with van der Waals surface area (Å²) in [7, 11) is 3.90. The van der Waals surface area contributed by atoms with E-state index in [9.17, 15) is 4.79 Å². The third-order valence-corrected chi connectivity index (χ3v) is 6.98. The Morgan fingerprint density at radius 1 is 1.21 bits per heavy atom. The normalized spacial score (nSPS) is 16.4. The van der Waals surface area contributed by atoms with E-state index in [1.807, 2.05) is 36.3 Å². The summed E-state index contributed by atoms with van der Waals surface area (Å²) >= 11 is 0. The van der Waals surface area contributed by atoms with Gasteiger partial charge in [0, 0.05) is 47.5 Å². The van der Waals surface area contributed by atoms with E-state index >= 15 is 0 Å². The molecular weight excluding hydrogens is 410 g/mol. The topological polar surface area (TPSA) is 64.6 Å². The second-order valence-electron chi connectivity index (χ2n) is 10.0. The molecule has 2 aromatic heterocycles. The van der Waals surface area contributed by atoms with Crippen molar-refractivity contribution < 1.29 is 4.79 Å². The van der Waals surface area contributed by atoms with Crippen molar-refractivity contribution in [2.45, 2.75) is 45.1 Å². The van der Waals surface area contributed by atoms with Crippen LogP contribution in [0, 0.1) is 0 Å². The molecule has 5 rings (SSSR count). The summed E-state index contributed by atoms with van der Waals surface area (Å²) < 4.78 is 0. The Bertz CT molecular complexity index is 1210. The summed E-state index contributed by atoms with van der Waals surface area (Å²) in [6, 6.07) is 9.11. The molecule has 3 aromatic rings. The third-order valence-electron chi connectivity index (χ3n) is 6.98. The lowest BCUT2D eigenvalue weighted by Crippen LogP contribution is -2.42. The van der Waals surface area contributed by atoms with Gasteiger partial charge in [-0.3, -0.25) is 14.8 Å². The number of hydrogen-bond donors (Lipinski definition) is 1. The standard InChI is InChI=1S/C27H33N5O/c1-17(2)26-22-12-19(18-7-9-32(10-8-18)25(33)16-31(3)4)5-6-23(22)30-27(26)21-11-20-13-28-15-24(20)29-14-21/h5-6,11-12,14-15,17-18,30H,7-10,13,16H2,1-4H3. The zero-order valence-corrected chi connectivity index (χ0v) is 20.1. The number of nitrogens with zero attached hydrogens (tertiary/aromatic N) is 4. The van der Waals surface area contributed by atoms with Gasteiger partial charge in [0.15, 0.2) is 0 Å². The van der Waals surface area contributed by atoms with Crippen molar-refractivity contribution in [3.63, 3.8) is 0 Å². The second kappa shape index (κ2) is 8.75. The lowest BCUT2D eigenvalue weighted by molar-refractivity contribution is -0.132. The van der Waals surface area contributed by atoms with Gasteiger partial charge in [-0.2, -0.15) is 0 Å². The predicted molar refractivity (Wildman–Crippen MR) is 134 cm³/mol.